The van der Waals surface area contributed by atoms with Crippen molar-refractivity contribution in [3.63, 3.8) is 0 Å². The molecule has 1 saturated carbocycles. The predicted octanol–water partition coefficient (Wildman–Crippen LogP) is 4.13. The van der Waals surface area contributed by atoms with Gasteiger partial charge in [0.1, 0.15) is 11.6 Å². The molecule has 3 rings (SSSR count). The molecule has 0 aliphatic heterocycles. The van der Waals surface area contributed by atoms with Gasteiger partial charge in [-0.25, -0.2) is 9.22 Å². The van der Waals surface area contributed by atoms with E-state index in [0.29, 0.717) is 24.2 Å². The highest BCUT2D eigenvalue weighted by Gasteiger charge is 2.23. The molecule has 0 aromatic heterocycles. The monoisotopic (exact) mass is 390 g/mol. The topological polar surface area (TPSA) is 67.8 Å². The van der Waals surface area contributed by atoms with Crippen LogP contribution in [0.2, 0.25) is 0 Å². The van der Waals surface area contributed by atoms with Crippen LogP contribution >= 0.6 is 0 Å². The molecule has 5 nitrogen and oxygen atoms in total. The normalized spacial score (nSPS) is 17.4. The van der Waals surface area contributed by atoms with Crippen molar-refractivity contribution in [1.82, 2.24) is 4.83 Å². The summed E-state index contributed by atoms with van der Waals surface area (Å²) >= 11 is 0. The lowest BCUT2D eigenvalue weighted by molar-refractivity contribution is 0.409. The zero-order valence-corrected chi connectivity index (χ0v) is 16.2. The van der Waals surface area contributed by atoms with Crippen molar-refractivity contribution >= 4 is 15.7 Å². The average molecular weight is 390 g/mol. The highest BCUT2D eigenvalue weighted by atomic mass is 32.2. The lowest BCUT2D eigenvalue weighted by Gasteiger charge is -2.24. The number of ether oxygens (including phenoxy) is 1. The van der Waals surface area contributed by atoms with Gasteiger partial charge in [-0.1, -0.05) is 23.8 Å². The highest BCUT2D eigenvalue weighted by molar-refractivity contribution is 7.89. The summed E-state index contributed by atoms with van der Waals surface area (Å²) in [5.41, 5.74) is 2.45. The van der Waals surface area contributed by atoms with Crippen LogP contribution in [0.1, 0.15) is 42.7 Å². The molecule has 0 saturated heterocycles. The summed E-state index contributed by atoms with van der Waals surface area (Å²) < 4.78 is 43.9. The third-order valence-corrected chi connectivity index (χ3v) is 6.09. The minimum Gasteiger partial charge on any atom is -0.497 e. The SMILES string of the molecule is COc1ccc(C2CCC(=NNS(=O)(=O)c3ccc(C)cc3)CC2)c(F)c1. The van der Waals surface area contributed by atoms with Crippen LogP contribution in [0.5, 0.6) is 5.75 Å². The quantitative estimate of drug-likeness (QED) is 0.781. The van der Waals surface area contributed by atoms with Crippen LogP contribution in [-0.2, 0) is 10.0 Å². The molecule has 144 valence electrons. The van der Waals surface area contributed by atoms with E-state index in [1.165, 1.54) is 13.2 Å². The highest BCUT2D eigenvalue weighted by Crippen LogP contribution is 2.34. The molecule has 0 unspecified atom stereocenters. The second-order valence-corrected chi connectivity index (χ2v) is 8.41. The van der Waals surface area contributed by atoms with E-state index < -0.39 is 10.0 Å². The fourth-order valence-electron chi connectivity index (χ4n) is 3.23. The van der Waals surface area contributed by atoms with Gasteiger partial charge >= 0.3 is 0 Å². The Kier molecular flexibility index (Phi) is 5.79. The minimum atomic E-state index is -3.67. The number of nitrogens with zero attached hydrogens (tertiary/aromatic N) is 1. The summed E-state index contributed by atoms with van der Waals surface area (Å²) in [5, 5.41) is 4.10. The average Bonchev–Trinajstić information content (AvgIpc) is 2.67. The lowest BCUT2D eigenvalue weighted by atomic mass is 9.83. The summed E-state index contributed by atoms with van der Waals surface area (Å²) in [6, 6.07) is 11.5. The van der Waals surface area contributed by atoms with Gasteiger partial charge in [0.25, 0.3) is 10.0 Å². The van der Waals surface area contributed by atoms with E-state index in [9.17, 15) is 12.8 Å². The van der Waals surface area contributed by atoms with E-state index in [2.05, 4.69) is 9.93 Å². The molecule has 0 bridgehead atoms. The fraction of sp³-hybridized carbons (Fsp3) is 0.350. The van der Waals surface area contributed by atoms with Gasteiger partial charge in [-0.05, 0) is 62.3 Å². The molecule has 1 aliphatic rings. The van der Waals surface area contributed by atoms with Crippen LogP contribution in [0.15, 0.2) is 52.5 Å². The van der Waals surface area contributed by atoms with Crippen LogP contribution in [0, 0.1) is 12.7 Å². The van der Waals surface area contributed by atoms with Crippen molar-refractivity contribution < 1.29 is 17.5 Å². The Morgan fingerprint density at radius 3 is 2.37 bits per heavy atom. The summed E-state index contributed by atoms with van der Waals surface area (Å²) in [5.74, 6) is 0.336. The van der Waals surface area contributed by atoms with Crippen LogP contribution in [-0.4, -0.2) is 21.2 Å². The van der Waals surface area contributed by atoms with Gasteiger partial charge in [0.2, 0.25) is 0 Å². The van der Waals surface area contributed by atoms with E-state index >= 15 is 0 Å². The number of methoxy groups -OCH3 is 1. The molecule has 27 heavy (non-hydrogen) atoms. The van der Waals surface area contributed by atoms with Gasteiger partial charge in [-0.3, -0.25) is 0 Å². The standard InChI is InChI=1S/C20H23FN2O3S/c1-14-3-10-18(11-4-14)27(24,25)23-22-16-7-5-15(6-8-16)19-12-9-17(26-2)13-20(19)21/h3-4,9-13,15,23H,5-8H2,1-2H3. The predicted molar refractivity (Wildman–Crippen MR) is 103 cm³/mol. The summed E-state index contributed by atoms with van der Waals surface area (Å²) in [6.07, 6.45) is 2.72. The summed E-state index contributed by atoms with van der Waals surface area (Å²) in [6.45, 7) is 1.90. The van der Waals surface area contributed by atoms with Gasteiger partial charge in [-0.2, -0.15) is 13.5 Å². The van der Waals surface area contributed by atoms with E-state index in [0.717, 1.165) is 24.1 Å². The van der Waals surface area contributed by atoms with Gasteiger partial charge in [-0.15, -0.1) is 0 Å². The molecule has 0 spiro atoms. The smallest absolute Gasteiger partial charge is 0.276 e. The molecule has 1 fully saturated rings. The number of nitrogens with one attached hydrogen (secondary N) is 1. The number of hydrogen-bond acceptors (Lipinski definition) is 4. The second-order valence-electron chi connectivity index (χ2n) is 6.75. The van der Waals surface area contributed by atoms with Gasteiger partial charge in [0, 0.05) is 11.8 Å². The Morgan fingerprint density at radius 2 is 1.78 bits per heavy atom. The fourth-order valence-corrected chi connectivity index (χ4v) is 4.08. The molecule has 0 heterocycles. The number of halogens is 1. The number of aryl methyl sites for hydroxylation is 1. The lowest BCUT2D eigenvalue weighted by Crippen LogP contribution is -2.22. The zero-order valence-electron chi connectivity index (χ0n) is 15.4. The van der Waals surface area contributed by atoms with Crippen molar-refractivity contribution in [3.8, 4) is 5.75 Å². The molecule has 7 heteroatoms. The number of benzene rings is 2. The zero-order chi connectivity index (χ0) is 19.4. The van der Waals surface area contributed by atoms with E-state index in [1.807, 2.05) is 6.92 Å². The van der Waals surface area contributed by atoms with Crippen LogP contribution < -0.4 is 9.57 Å². The maximum Gasteiger partial charge on any atom is 0.276 e. The number of hydrazone groups is 1. The number of hydrogen-bond donors (Lipinski definition) is 1. The Labute approximate surface area is 159 Å². The van der Waals surface area contributed by atoms with Crippen LogP contribution in [0.4, 0.5) is 4.39 Å². The molecular weight excluding hydrogens is 367 g/mol. The summed E-state index contributed by atoms with van der Waals surface area (Å²) in [7, 11) is -2.16. The first-order chi connectivity index (χ1) is 12.9. The van der Waals surface area contributed by atoms with Crippen molar-refractivity contribution in [2.45, 2.75) is 43.4 Å². The van der Waals surface area contributed by atoms with Crippen molar-refractivity contribution in [2.24, 2.45) is 5.10 Å². The molecule has 2 aromatic carbocycles. The number of rotatable bonds is 5. The molecule has 0 radical (unpaired) electrons. The Morgan fingerprint density at radius 1 is 1.11 bits per heavy atom. The maximum atomic E-state index is 14.2. The maximum absolute atomic E-state index is 14.2. The van der Waals surface area contributed by atoms with Gasteiger partial charge < -0.3 is 4.74 Å². The second kappa shape index (κ2) is 8.08. The Hall–Kier alpha value is -2.41. The molecule has 0 atom stereocenters. The third kappa shape index (κ3) is 4.66. The molecule has 2 aromatic rings. The van der Waals surface area contributed by atoms with E-state index in [4.69, 9.17) is 4.74 Å². The third-order valence-electron chi connectivity index (χ3n) is 4.87. The Bertz CT molecular complexity index is 930. The first-order valence-electron chi connectivity index (χ1n) is 8.86. The largest absolute Gasteiger partial charge is 0.497 e. The van der Waals surface area contributed by atoms with E-state index in [1.54, 1.807) is 36.4 Å². The number of sulfonamides is 1. The molecule has 1 N–H and O–H groups in total. The molecule has 1 aliphatic carbocycles. The first-order valence-corrected chi connectivity index (χ1v) is 10.3. The van der Waals surface area contributed by atoms with Crippen LogP contribution in [0.3, 0.4) is 0 Å². The van der Waals surface area contributed by atoms with Crippen molar-refractivity contribution in [1.29, 1.82) is 0 Å². The van der Waals surface area contributed by atoms with Crippen molar-refractivity contribution in [3.05, 3.63) is 59.4 Å². The minimum absolute atomic E-state index is 0.101. The van der Waals surface area contributed by atoms with Crippen molar-refractivity contribution in [2.75, 3.05) is 7.11 Å². The van der Waals surface area contributed by atoms with Gasteiger partial charge in [0.15, 0.2) is 0 Å². The van der Waals surface area contributed by atoms with E-state index in [-0.39, 0.29) is 16.6 Å². The first kappa shape index (κ1) is 19.4. The summed E-state index contributed by atoms with van der Waals surface area (Å²) in [4.78, 5) is 2.50. The molecular formula is C20H23FN2O3S. The Balaban J connectivity index is 1.62. The van der Waals surface area contributed by atoms with Crippen LogP contribution in [0.25, 0.3) is 0 Å². The van der Waals surface area contributed by atoms with Gasteiger partial charge in [0.05, 0.1) is 12.0 Å². The molecule has 0 amide bonds.